The molecule has 0 unspecified atom stereocenters. The van der Waals surface area contributed by atoms with Gasteiger partial charge in [0, 0.05) is 5.56 Å². The molecule has 7 heteroatoms. The lowest BCUT2D eigenvalue weighted by Gasteiger charge is -2.23. The van der Waals surface area contributed by atoms with E-state index in [4.69, 9.17) is 26.1 Å². The van der Waals surface area contributed by atoms with Gasteiger partial charge in [0.25, 0.3) is 5.56 Å². The lowest BCUT2D eigenvalue weighted by molar-refractivity contribution is 0.125. The Morgan fingerprint density at radius 3 is 2.42 bits per heavy atom. The van der Waals surface area contributed by atoms with Crippen LogP contribution in [0.2, 0.25) is 5.02 Å². The maximum atomic E-state index is 13.3. The minimum absolute atomic E-state index is 0.263. The van der Waals surface area contributed by atoms with Gasteiger partial charge in [-0.1, -0.05) is 54.1 Å². The Balaban J connectivity index is 1.84. The number of ether oxygens (including phenoxy) is 2. The van der Waals surface area contributed by atoms with Crippen LogP contribution >= 0.6 is 11.6 Å². The molecular weight excluding hydrogens is 438 g/mol. The number of hydrogen-bond donors (Lipinski definition) is 0. The smallest absolute Gasteiger partial charge is 0.282 e. The molecule has 6 nitrogen and oxygen atoms in total. The zero-order chi connectivity index (χ0) is 23.6. The molecule has 0 spiro atoms. The van der Waals surface area contributed by atoms with E-state index in [2.05, 4.69) is 5.10 Å². The number of methoxy groups -OCH3 is 1. The van der Waals surface area contributed by atoms with Gasteiger partial charge in [-0.15, -0.1) is 0 Å². The summed E-state index contributed by atoms with van der Waals surface area (Å²) >= 11 is 6.49. The predicted octanol–water partition coefficient (Wildman–Crippen LogP) is 5.79. The lowest BCUT2D eigenvalue weighted by atomic mass is 10.1. The summed E-state index contributed by atoms with van der Waals surface area (Å²) in [6.45, 7) is 5.80. The van der Waals surface area contributed by atoms with Gasteiger partial charge in [-0.2, -0.15) is 9.78 Å². The van der Waals surface area contributed by atoms with E-state index in [0.29, 0.717) is 38.8 Å². The van der Waals surface area contributed by atoms with E-state index < -0.39 is 5.60 Å². The molecule has 1 heterocycles. The Morgan fingerprint density at radius 2 is 1.73 bits per heavy atom. The van der Waals surface area contributed by atoms with E-state index in [1.807, 2.05) is 63.2 Å². The molecule has 0 radical (unpaired) electrons. The first-order valence-electron chi connectivity index (χ1n) is 10.4. The molecule has 4 rings (SSSR count). The topological polar surface area (TPSA) is 65.7 Å². The molecule has 168 valence electrons. The second-order valence-corrected chi connectivity index (χ2v) is 8.84. The molecule has 1 aromatic heterocycles. The van der Waals surface area contributed by atoms with Gasteiger partial charge >= 0.3 is 0 Å². The molecule has 0 amide bonds. The van der Waals surface area contributed by atoms with Crippen LogP contribution in [0.15, 0.2) is 76.6 Å². The number of hydrogen-bond acceptors (Lipinski definition) is 5. The standard InChI is InChI=1S/C26H24ClN3O3/c1-26(2,3)33-23-20(27)14-17(15-22(23)32-4)16-28-30-24(18-10-6-5-7-11-18)29-21-13-9-8-12-19(21)25(30)31/h5-16H,1-4H3. The van der Waals surface area contributed by atoms with Crippen molar-refractivity contribution in [2.75, 3.05) is 7.11 Å². The first kappa shape index (κ1) is 22.6. The fourth-order valence-corrected chi connectivity index (χ4v) is 3.61. The second-order valence-electron chi connectivity index (χ2n) is 8.43. The maximum absolute atomic E-state index is 13.3. The van der Waals surface area contributed by atoms with Crippen LogP contribution in [0.25, 0.3) is 22.3 Å². The summed E-state index contributed by atoms with van der Waals surface area (Å²) in [6, 6.07) is 20.2. The fraction of sp³-hybridized carbons (Fsp3) is 0.192. The van der Waals surface area contributed by atoms with Crippen LogP contribution in [0.4, 0.5) is 0 Å². The minimum Gasteiger partial charge on any atom is -0.493 e. The zero-order valence-electron chi connectivity index (χ0n) is 18.9. The number of nitrogens with zero attached hydrogens (tertiary/aromatic N) is 3. The second kappa shape index (κ2) is 9.08. The molecule has 33 heavy (non-hydrogen) atoms. The van der Waals surface area contributed by atoms with Crippen molar-refractivity contribution in [3.8, 4) is 22.9 Å². The van der Waals surface area contributed by atoms with Crippen LogP contribution in [0.5, 0.6) is 11.5 Å². The number of benzene rings is 3. The Hall–Kier alpha value is -3.64. The van der Waals surface area contributed by atoms with Gasteiger partial charge in [0.2, 0.25) is 0 Å². The van der Waals surface area contributed by atoms with Gasteiger partial charge in [-0.05, 0) is 50.6 Å². The maximum Gasteiger partial charge on any atom is 0.282 e. The average molecular weight is 462 g/mol. The van der Waals surface area contributed by atoms with Crippen molar-refractivity contribution >= 4 is 28.7 Å². The van der Waals surface area contributed by atoms with Crippen LogP contribution in [0, 0.1) is 0 Å². The normalized spacial score (nSPS) is 11.8. The Labute approximate surface area is 197 Å². The highest BCUT2D eigenvalue weighted by molar-refractivity contribution is 6.32. The van der Waals surface area contributed by atoms with Crippen molar-refractivity contribution in [2.24, 2.45) is 5.10 Å². The number of fused-ring (bicyclic) bond motifs is 1. The molecular formula is C26H24ClN3O3. The van der Waals surface area contributed by atoms with Crippen LogP contribution in [-0.2, 0) is 0 Å². The molecule has 0 aliphatic heterocycles. The van der Waals surface area contributed by atoms with E-state index >= 15 is 0 Å². The largest absolute Gasteiger partial charge is 0.493 e. The van der Waals surface area contributed by atoms with Crippen molar-refractivity contribution in [3.63, 3.8) is 0 Å². The molecule has 0 N–H and O–H groups in total. The first-order chi connectivity index (χ1) is 15.8. The summed E-state index contributed by atoms with van der Waals surface area (Å²) in [4.78, 5) is 18.0. The minimum atomic E-state index is -0.443. The third-order valence-corrected chi connectivity index (χ3v) is 5.05. The SMILES string of the molecule is COc1cc(C=Nn2c(-c3ccccc3)nc3ccccc3c2=O)cc(Cl)c1OC(C)(C)C. The van der Waals surface area contributed by atoms with Gasteiger partial charge in [-0.25, -0.2) is 4.98 Å². The van der Waals surface area contributed by atoms with Gasteiger partial charge in [0.05, 0.1) is 29.2 Å². The fourth-order valence-electron chi connectivity index (χ4n) is 3.35. The number of rotatable bonds is 5. The van der Waals surface area contributed by atoms with E-state index in [-0.39, 0.29) is 5.56 Å². The summed E-state index contributed by atoms with van der Waals surface area (Å²) in [5, 5.41) is 5.36. The molecule has 0 aliphatic rings. The molecule has 0 saturated heterocycles. The molecule has 0 saturated carbocycles. The van der Waals surface area contributed by atoms with E-state index in [0.717, 1.165) is 5.56 Å². The highest BCUT2D eigenvalue weighted by Crippen LogP contribution is 2.38. The molecule has 0 bridgehead atoms. The monoisotopic (exact) mass is 461 g/mol. The number of aromatic nitrogens is 2. The number of halogens is 1. The lowest BCUT2D eigenvalue weighted by Crippen LogP contribution is -2.23. The summed E-state index contributed by atoms with van der Waals surface area (Å²) < 4.78 is 12.7. The van der Waals surface area contributed by atoms with Crippen molar-refractivity contribution in [3.05, 3.63) is 87.7 Å². The molecule has 4 aromatic rings. The van der Waals surface area contributed by atoms with Crippen molar-refractivity contribution < 1.29 is 9.47 Å². The Kier molecular flexibility index (Phi) is 6.20. The highest BCUT2D eigenvalue weighted by atomic mass is 35.5. The Morgan fingerprint density at radius 1 is 1.03 bits per heavy atom. The summed E-state index contributed by atoms with van der Waals surface area (Å²) in [6.07, 6.45) is 1.56. The van der Waals surface area contributed by atoms with Gasteiger partial charge < -0.3 is 9.47 Å². The van der Waals surface area contributed by atoms with E-state index in [9.17, 15) is 4.79 Å². The predicted molar refractivity (Wildman–Crippen MR) is 133 cm³/mol. The average Bonchev–Trinajstić information content (AvgIpc) is 2.79. The highest BCUT2D eigenvalue weighted by Gasteiger charge is 2.19. The van der Waals surface area contributed by atoms with Gasteiger partial charge in [0.15, 0.2) is 17.3 Å². The van der Waals surface area contributed by atoms with Gasteiger partial charge in [0.1, 0.15) is 5.60 Å². The van der Waals surface area contributed by atoms with E-state index in [1.54, 1.807) is 37.6 Å². The third-order valence-electron chi connectivity index (χ3n) is 4.77. The van der Waals surface area contributed by atoms with Crippen molar-refractivity contribution in [1.82, 2.24) is 9.66 Å². The van der Waals surface area contributed by atoms with Crippen LogP contribution < -0.4 is 15.0 Å². The Bertz CT molecular complexity index is 1390. The van der Waals surface area contributed by atoms with Crippen LogP contribution in [0.3, 0.4) is 0 Å². The summed E-state index contributed by atoms with van der Waals surface area (Å²) in [5.41, 5.74) is 1.34. The van der Waals surface area contributed by atoms with Crippen molar-refractivity contribution in [1.29, 1.82) is 0 Å². The van der Waals surface area contributed by atoms with Gasteiger partial charge in [-0.3, -0.25) is 4.79 Å². The summed E-state index contributed by atoms with van der Waals surface area (Å²) in [7, 11) is 1.55. The number of para-hydroxylation sites is 1. The van der Waals surface area contributed by atoms with Crippen LogP contribution in [-0.4, -0.2) is 28.6 Å². The first-order valence-corrected chi connectivity index (χ1v) is 10.8. The van der Waals surface area contributed by atoms with Crippen molar-refractivity contribution in [2.45, 2.75) is 26.4 Å². The summed E-state index contributed by atoms with van der Waals surface area (Å²) in [5.74, 6) is 1.38. The van der Waals surface area contributed by atoms with E-state index in [1.165, 1.54) is 4.68 Å². The zero-order valence-corrected chi connectivity index (χ0v) is 19.6. The molecule has 0 atom stereocenters. The quantitative estimate of drug-likeness (QED) is 0.353. The third kappa shape index (κ3) is 4.91. The molecule has 0 fully saturated rings. The molecule has 3 aromatic carbocycles. The van der Waals surface area contributed by atoms with Crippen LogP contribution in [0.1, 0.15) is 26.3 Å². The molecule has 0 aliphatic carbocycles.